The monoisotopic (exact) mass is 413 g/mol. The Labute approximate surface area is 160 Å². The van der Waals surface area contributed by atoms with Crippen LogP contribution in [0, 0.1) is 0 Å². The zero-order chi connectivity index (χ0) is 21.2. The Bertz CT molecular complexity index is 1040. The Morgan fingerprint density at radius 2 is 1.62 bits per heavy atom. The van der Waals surface area contributed by atoms with Crippen LogP contribution in [-0.2, 0) is 28.3 Å². The minimum Gasteiger partial charge on any atom is -0.468 e. The fourth-order valence-corrected chi connectivity index (χ4v) is 3.01. The minimum absolute atomic E-state index is 0.00714. The number of nitrogens with zero attached hydrogens (tertiary/aromatic N) is 1. The Kier molecular flexibility index (Phi) is 5.50. The second-order valence-electron chi connectivity index (χ2n) is 6.18. The Morgan fingerprint density at radius 3 is 2.28 bits per heavy atom. The molecule has 0 aliphatic heterocycles. The number of pyridine rings is 1. The summed E-state index contributed by atoms with van der Waals surface area (Å²) in [5, 5.41) is 0.265. The molecule has 0 radical (unpaired) electrons. The van der Waals surface area contributed by atoms with Crippen LogP contribution in [-0.4, -0.2) is 18.1 Å². The van der Waals surface area contributed by atoms with E-state index in [0.29, 0.717) is 11.1 Å². The first-order valence-corrected chi connectivity index (χ1v) is 8.33. The van der Waals surface area contributed by atoms with E-state index in [1.165, 1.54) is 24.4 Å². The van der Waals surface area contributed by atoms with E-state index in [1.54, 1.807) is 0 Å². The second kappa shape index (κ2) is 7.73. The summed E-state index contributed by atoms with van der Waals surface area (Å²) in [6.07, 6.45) is -7.74. The van der Waals surface area contributed by atoms with Crippen molar-refractivity contribution in [3.05, 3.63) is 65.4 Å². The summed E-state index contributed by atoms with van der Waals surface area (Å²) < 4.78 is 83.1. The quantitative estimate of drug-likeness (QED) is 0.308. The van der Waals surface area contributed by atoms with E-state index in [0.717, 1.165) is 24.3 Å². The highest BCUT2D eigenvalue weighted by Gasteiger charge is 2.32. The van der Waals surface area contributed by atoms with Crippen LogP contribution in [0.2, 0.25) is 0 Å². The van der Waals surface area contributed by atoms with Crippen molar-refractivity contribution in [1.82, 2.24) is 4.98 Å². The largest absolute Gasteiger partial charge is 0.468 e. The number of ether oxygens (including phenoxy) is 1. The highest BCUT2D eigenvalue weighted by molar-refractivity contribution is 5.96. The molecule has 0 spiro atoms. The molecule has 0 saturated heterocycles. The Balaban J connectivity index is 2.22. The number of alkyl halides is 6. The number of carbonyl (C=O) groups excluding carboxylic acids is 1. The summed E-state index contributed by atoms with van der Waals surface area (Å²) >= 11 is 0. The molecule has 3 aromatic rings. The lowest BCUT2D eigenvalue weighted by atomic mass is 9.93. The smallest absolute Gasteiger partial charge is 0.416 e. The lowest BCUT2D eigenvalue weighted by molar-refractivity contribution is -0.138. The van der Waals surface area contributed by atoms with Gasteiger partial charge in [-0.3, -0.25) is 9.78 Å². The molecule has 3 nitrogen and oxygen atoms in total. The highest BCUT2D eigenvalue weighted by Crippen LogP contribution is 2.38. The van der Waals surface area contributed by atoms with Gasteiger partial charge in [-0.05, 0) is 41.0 Å². The third-order valence-electron chi connectivity index (χ3n) is 4.31. The molecule has 0 atom stereocenters. The predicted octanol–water partition coefficient (Wildman–Crippen LogP) is 5.65. The van der Waals surface area contributed by atoms with Gasteiger partial charge in [0.15, 0.2) is 0 Å². The van der Waals surface area contributed by atoms with Gasteiger partial charge < -0.3 is 4.74 Å². The van der Waals surface area contributed by atoms with Crippen molar-refractivity contribution in [1.29, 1.82) is 0 Å². The summed E-state index contributed by atoms with van der Waals surface area (Å²) in [7, 11) is 0. The van der Waals surface area contributed by atoms with E-state index in [-0.39, 0.29) is 36.0 Å². The molecule has 1 heterocycles. The summed E-state index contributed by atoms with van der Waals surface area (Å²) in [5.74, 6) is 0. The van der Waals surface area contributed by atoms with Crippen molar-refractivity contribution >= 4 is 17.4 Å². The fourth-order valence-electron chi connectivity index (χ4n) is 3.01. The predicted molar refractivity (Wildman–Crippen MR) is 92.9 cm³/mol. The van der Waals surface area contributed by atoms with Crippen LogP contribution in [0.15, 0.2) is 48.7 Å². The van der Waals surface area contributed by atoms with Gasteiger partial charge in [-0.25, -0.2) is 0 Å². The van der Waals surface area contributed by atoms with Crippen molar-refractivity contribution < 1.29 is 35.9 Å². The van der Waals surface area contributed by atoms with Crippen LogP contribution >= 0.6 is 0 Å². The van der Waals surface area contributed by atoms with E-state index >= 15 is 0 Å². The van der Waals surface area contributed by atoms with Gasteiger partial charge in [0.2, 0.25) is 0 Å². The molecule has 29 heavy (non-hydrogen) atoms. The minimum atomic E-state index is -4.58. The normalized spacial score (nSPS) is 12.2. The first-order chi connectivity index (χ1) is 13.6. The van der Waals surface area contributed by atoms with Crippen molar-refractivity contribution in [2.45, 2.75) is 18.8 Å². The topological polar surface area (TPSA) is 39.2 Å². The van der Waals surface area contributed by atoms with Gasteiger partial charge in [-0.1, -0.05) is 18.2 Å². The molecule has 0 saturated carbocycles. The summed E-state index contributed by atoms with van der Waals surface area (Å²) in [6, 6.07) is 7.38. The summed E-state index contributed by atoms with van der Waals surface area (Å²) in [5.41, 5.74) is -0.880. The molecule has 2 aromatic carbocycles. The molecule has 1 aromatic heterocycles. The average molecular weight is 413 g/mol. The van der Waals surface area contributed by atoms with Crippen LogP contribution < -0.4 is 0 Å². The molecule has 0 aliphatic carbocycles. The molecule has 0 amide bonds. The molecule has 0 aliphatic rings. The number of carbonyl (C=O) groups is 1. The number of hydrogen-bond donors (Lipinski definition) is 0. The maximum atomic E-state index is 13.1. The van der Waals surface area contributed by atoms with Crippen molar-refractivity contribution in [2.24, 2.45) is 0 Å². The van der Waals surface area contributed by atoms with E-state index < -0.39 is 23.5 Å². The number of rotatable bonds is 5. The van der Waals surface area contributed by atoms with E-state index in [1.807, 2.05) is 0 Å². The van der Waals surface area contributed by atoms with Gasteiger partial charge in [0.1, 0.15) is 0 Å². The molecule has 3 rings (SSSR count). The first kappa shape index (κ1) is 20.6. The molecule has 0 bridgehead atoms. The molecule has 9 heteroatoms. The number of benzene rings is 2. The summed E-state index contributed by atoms with van der Waals surface area (Å²) in [4.78, 5) is 14.4. The number of fused-ring (bicyclic) bond motifs is 1. The number of halogens is 6. The van der Waals surface area contributed by atoms with Gasteiger partial charge in [-0.15, -0.1) is 0 Å². The van der Waals surface area contributed by atoms with Gasteiger partial charge >= 0.3 is 12.4 Å². The Morgan fingerprint density at radius 1 is 0.931 bits per heavy atom. The Hall–Kier alpha value is -3.10. The maximum absolute atomic E-state index is 13.1. The van der Waals surface area contributed by atoms with Crippen LogP contribution in [0.3, 0.4) is 0 Å². The summed E-state index contributed by atoms with van der Waals surface area (Å²) in [6.45, 7) is 0.178. The SMILES string of the molecule is O=COCCc1cnc2cc(C(F)(F)F)ccc2c1-c1cccc(C(F)(F)F)c1. The maximum Gasteiger partial charge on any atom is 0.416 e. The standard InChI is InChI=1S/C20H13F6NO2/c21-19(22,23)14-3-1-2-12(8-14)18-13(6-7-29-11-28)10-27-17-9-15(20(24,25)26)4-5-16(17)18/h1-5,8-11H,6-7H2. The molecule has 0 fully saturated rings. The van der Waals surface area contributed by atoms with E-state index in [9.17, 15) is 31.1 Å². The van der Waals surface area contributed by atoms with E-state index in [4.69, 9.17) is 0 Å². The average Bonchev–Trinajstić information content (AvgIpc) is 2.66. The zero-order valence-corrected chi connectivity index (χ0v) is 14.6. The van der Waals surface area contributed by atoms with Crippen LogP contribution in [0.25, 0.3) is 22.0 Å². The molecule has 0 N–H and O–H groups in total. The lowest BCUT2D eigenvalue weighted by Crippen LogP contribution is -2.06. The molecule has 152 valence electrons. The van der Waals surface area contributed by atoms with Crippen LogP contribution in [0.1, 0.15) is 16.7 Å². The van der Waals surface area contributed by atoms with Crippen molar-refractivity contribution in [2.75, 3.05) is 6.61 Å². The fraction of sp³-hybridized carbons (Fsp3) is 0.200. The third kappa shape index (κ3) is 4.49. The third-order valence-corrected chi connectivity index (χ3v) is 4.31. The van der Waals surface area contributed by atoms with E-state index in [2.05, 4.69) is 9.72 Å². The van der Waals surface area contributed by atoms with Crippen LogP contribution in [0.5, 0.6) is 0 Å². The van der Waals surface area contributed by atoms with Gasteiger partial charge in [0, 0.05) is 18.0 Å². The molecular weight excluding hydrogens is 400 g/mol. The highest BCUT2D eigenvalue weighted by atomic mass is 19.4. The van der Waals surface area contributed by atoms with Gasteiger partial charge in [0.25, 0.3) is 6.47 Å². The molecule has 0 unspecified atom stereocenters. The lowest BCUT2D eigenvalue weighted by Gasteiger charge is -2.16. The number of hydrogen-bond acceptors (Lipinski definition) is 3. The second-order valence-corrected chi connectivity index (χ2v) is 6.18. The van der Waals surface area contributed by atoms with Gasteiger partial charge in [-0.2, -0.15) is 26.3 Å². The van der Waals surface area contributed by atoms with Gasteiger partial charge in [0.05, 0.1) is 23.3 Å². The van der Waals surface area contributed by atoms with Crippen molar-refractivity contribution in [3.8, 4) is 11.1 Å². The number of aromatic nitrogens is 1. The van der Waals surface area contributed by atoms with Crippen LogP contribution in [0.4, 0.5) is 26.3 Å². The first-order valence-electron chi connectivity index (χ1n) is 8.33. The van der Waals surface area contributed by atoms with Crippen molar-refractivity contribution in [3.63, 3.8) is 0 Å². The molecular formula is C20H13F6NO2. The zero-order valence-electron chi connectivity index (χ0n) is 14.6.